The van der Waals surface area contributed by atoms with Crippen molar-refractivity contribution in [1.29, 1.82) is 5.26 Å². The lowest BCUT2D eigenvalue weighted by Crippen LogP contribution is -2.20. The quantitative estimate of drug-likeness (QED) is 0.358. The predicted molar refractivity (Wildman–Crippen MR) is 113 cm³/mol. The molecular formula is C21H15F3N8O2. The number of aromatic hydroxyl groups is 1. The highest BCUT2D eigenvalue weighted by atomic mass is 19.4. The minimum Gasteiger partial charge on any atom is -0.493 e. The maximum atomic E-state index is 13.6. The van der Waals surface area contributed by atoms with Crippen LogP contribution >= 0.6 is 0 Å². The number of imidazole rings is 1. The third-order valence-corrected chi connectivity index (χ3v) is 5.09. The smallest absolute Gasteiger partial charge is 0.418 e. The van der Waals surface area contributed by atoms with Crippen LogP contribution in [0.25, 0.3) is 11.7 Å². The van der Waals surface area contributed by atoms with Gasteiger partial charge in [0, 0.05) is 11.3 Å². The molecule has 0 bridgehead atoms. The van der Waals surface area contributed by atoms with Crippen molar-refractivity contribution in [2.75, 3.05) is 5.32 Å². The van der Waals surface area contributed by atoms with Crippen LogP contribution in [-0.2, 0) is 6.18 Å². The van der Waals surface area contributed by atoms with Gasteiger partial charge in [0.1, 0.15) is 11.5 Å². The standard InChI is InChI=1S/C21H15F3N8O2/c22-21(23,24)13-5-10(8-25)1-4-14(13)28-16-7-17(27-12-2-3-12)32-18(30-16)11(9-26-32)6-15-19(33)31-20(34)29-15/h1,4-7,9,12,28,33H,2-3H2,(H2,29,31,34). The first-order valence-electron chi connectivity index (χ1n) is 10.1. The summed E-state index contributed by atoms with van der Waals surface area (Å²) in [6, 6.07) is 6.47. The van der Waals surface area contributed by atoms with Crippen LogP contribution < -0.4 is 21.7 Å². The molecule has 3 heterocycles. The van der Waals surface area contributed by atoms with Gasteiger partial charge in [-0.15, -0.1) is 0 Å². The van der Waals surface area contributed by atoms with Crippen LogP contribution in [0.4, 0.5) is 24.7 Å². The fourth-order valence-corrected chi connectivity index (χ4v) is 3.36. The Kier molecular flexibility index (Phi) is 4.85. The zero-order chi connectivity index (χ0) is 24.0. The molecule has 0 spiro atoms. The average Bonchev–Trinajstić information content (AvgIpc) is 3.42. The van der Waals surface area contributed by atoms with Crippen molar-refractivity contribution in [3.8, 4) is 11.9 Å². The van der Waals surface area contributed by atoms with Gasteiger partial charge in [0.15, 0.2) is 11.1 Å². The van der Waals surface area contributed by atoms with Crippen LogP contribution in [0.1, 0.15) is 29.7 Å². The van der Waals surface area contributed by atoms with Gasteiger partial charge in [-0.2, -0.15) is 28.0 Å². The van der Waals surface area contributed by atoms with Gasteiger partial charge in [-0.05, 0) is 37.1 Å². The van der Waals surface area contributed by atoms with Crippen LogP contribution in [0.2, 0.25) is 0 Å². The first-order chi connectivity index (χ1) is 16.2. The Bertz CT molecular complexity index is 1640. The molecule has 10 nitrogen and oxygen atoms in total. The molecule has 1 aromatic carbocycles. The lowest BCUT2D eigenvalue weighted by atomic mass is 10.1. The summed E-state index contributed by atoms with van der Waals surface area (Å²) in [5.74, 6) is -0.307. The van der Waals surface area contributed by atoms with Crippen molar-refractivity contribution in [3.63, 3.8) is 0 Å². The van der Waals surface area contributed by atoms with E-state index in [-0.39, 0.29) is 40.3 Å². The Labute approximate surface area is 187 Å². The van der Waals surface area contributed by atoms with Crippen molar-refractivity contribution in [2.24, 2.45) is 4.99 Å². The molecule has 0 amide bonds. The Hall–Kier alpha value is -4.60. The molecule has 4 aromatic rings. The third kappa shape index (κ3) is 4.08. The van der Waals surface area contributed by atoms with Crippen molar-refractivity contribution in [3.05, 3.63) is 68.5 Å². The van der Waals surface area contributed by atoms with E-state index in [1.807, 2.05) is 0 Å². The summed E-state index contributed by atoms with van der Waals surface area (Å²) in [4.78, 5) is 25.0. The number of nitrogens with one attached hydrogen (secondary N) is 3. The molecule has 1 aliphatic rings. The van der Waals surface area contributed by atoms with Gasteiger partial charge in [0.2, 0.25) is 5.88 Å². The Balaban J connectivity index is 1.68. The number of aromatic amines is 2. The fourth-order valence-electron chi connectivity index (χ4n) is 3.36. The maximum Gasteiger partial charge on any atom is 0.418 e. The van der Waals surface area contributed by atoms with Gasteiger partial charge in [-0.25, -0.2) is 9.78 Å². The van der Waals surface area contributed by atoms with Gasteiger partial charge in [0.25, 0.3) is 0 Å². The number of benzene rings is 1. The normalized spacial score (nSPS) is 15.1. The summed E-state index contributed by atoms with van der Waals surface area (Å²) in [7, 11) is 0. The molecular weight excluding hydrogens is 453 g/mol. The van der Waals surface area contributed by atoms with Crippen LogP contribution in [0, 0.1) is 11.3 Å². The number of hydrogen-bond acceptors (Lipinski definition) is 7. The molecule has 172 valence electrons. The molecule has 0 unspecified atom stereocenters. The average molecular weight is 468 g/mol. The van der Waals surface area contributed by atoms with E-state index in [4.69, 9.17) is 5.26 Å². The molecule has 1 saturated carbocycles. The molecule has 1 fully saturated rings. The Morgan fingerprint density at radius 2 is 2.09 bits per heavy atom. The van der Waals surface area contributed by atoms with E-state index < -0.39 is 17.4 Å². The molecule has 4 N–H and O–H groups in total. The maximum absolute atomic E-state index is 13.6. The summed E-state index contributed by atoms with van der Waals surface area (Å²) < 4.78 is 42.3. The summed E-state index contributed by atoms with van der Waals surface area (Å²) in [6.45, 7) is 0. The number of aromatic nitrogens is 5. The second kappa shape index (κ2) is 7.77. The lowest BCUT2D eigenvalue weighted by Gasteiger charge is -2.14. The van der Waals surface area contributed by atoms with Crippen molar-refractivity contribution in [2.45, 2.75) is 25.1 Å². The van der Waals surface area contributed by atoms with E-state index in [9.17, 15) is 23.1 Å². The first-order valence-corrected chi connectivity index (χ1v) is 10.1. The molecule has 0 saturated heterocycles. The van der Waals surface area contributed by atoms with E-state index in [0.29, 0.717) is 10.7 Å². The second-order valence-electron chi connectivity index (χ2n) is 7.68. The number of nitriles is 1. The van der Waals surface area contributed by atoms with Crippen molar-refractivity contribution in [1.82, 2.24) is 24.6 Å². The number of alkyl halides is 3. The Morgan fingerprint density at radius 1 is 1.29 bits per heavy atom. The second-order valence-corrected chi connectivity index (χ2v) is 7.68. The number of H-pyrrole nitrogens is 2. The number of anilines is 2. The summed E-state index contributed by atoms with van der Waals surface area (Å²) in [6.07, 6.45) is -0.0617. The zero-order valence-electron chi connectivity index (χ0n) is 17.2. The molecule has 0 aliphatic heterocycles. The molecule has 1 aliphatic carbocycles. The number of halogens is 3. The van der Waals surface area contributed by atoms with Gasteiger partial charge in [-0.1, -0.05) is 0 Å². The predicted octanol–water partition coefficient (Wildman–Crippen LogP) is 1.70. The van der Waals surface area contributed by atoms with Crippen molar-refractivity contribution < 1.29 is 18.3 Å². The fraction of sp³-hybridized carbons (Fsp3) is 0.190. The van der Waals surface area contributed by atoms with Gasteiger partial charge >= 0.3 is 11.9 Å². The van der Waals surface area contributed by atoms with Gasteiger partial charge in [0.05, 0.1) is 35.1 Å². The van der Waals surface area contributed by atoms with E-state index in [1.165, 1.54) is 28.9 Å². The highest BCUT2D eigenvalue weighted by molar-refractivity contribution is 5.65. The SMILES string of the molecule is N#Cc1ccc(Nc2cc(=NC3CC3)n3ncc(=Cc4[nH]c(=O)[nH]c4O)c3n2)c(C(F)(F)F)c1. The summed E-state index contributed by atoms with van der Waals surface area (Å²) >= 11 is 0. The monoisotopic (exact) mass is 468 g/mol. The molecule has 0 atom stereocenters. The largest absolute Gasteiger partial charge is 0.493 e. The highest BCUT2D eigenvalue weighted by Gasteiger charge is 2.34. The zero-order valence-corrected chi connectivity index (χ0v) is 17.2. The van der Waals surface area contributed by atoms with Gasteiger partial charge in [-0.3, -0.25) is 9.98 Å². The molecule has 5 rings (SSSR count). The topological polar surface area (TPSA) is 147 Å². The van der Waals surface area contributed by atoms with Crippen LogP contribution in [0.5, 0.6) is 5.88 Å². The number of hydrogen-bond donors (Lipinski definition) is 4. The van der Waals surface area contributed by atoms with E-state index in [2.05, 4.69) is 30.4 Å². The van der Waals surface area contributed by atoms with Crippen molar-refractivity contribution >= 4 is 23.2 Å². The Morgan fingerprint density at radius 3 is 2.74 bits per heavy atom. The van der Waals surface area contributed by atoms with Crippen LogP contribution in [-0.4, -0.2) is 35.7 Å². The summed E-state index contributed by atoms with van der Waals surface area (Å²) in [5.41, 5.74) is -1.31. The molecule has 0 radical (unpaired) electrons. The summed E-state index contributed by atoms with van der Waals surface area (Å²) in [5, 5.41) is 26.2. The first kappa shape index (κ1) is 21.3. The highest BCUT2D eigenvalue weighted by Crippen LogP contribution is 2.36. The van der Waals surface area contributed by atoms with Crippen LogP contribution in [0.15, 0.2) is 40.2 Å². The third-order valence-electron chi connectivity index (χ3n) is 5.09. The lowest BCUT2D eigenvalue weighted by molar-refractivity contribution is -0.136. The minimum atomic E-state index is -4.70. The number of rotatable bonds is 4. The van der Waals surface area contributed by atoms with E-state index in [1.54, 1.807) is 6.07 Å². The number of nitrogens with zero attached hydrogens (tertiary/aromatic N) is 5. The molecule has 34 heavy (non-hydrogen) atoms. The van der Waals surface area contributed by atoms with Gasteiger partial charge < -0.3 is 15.4 Å². The minimum absolute atomic E-state index is 0.0732. The molecule has 13 heteroatoms. The number of fused-ring (bicyclic) bond motifs is 1. The van der Waals surface area contributed by atoms with E-state index >= 15 is 0 Å². The molecule has 3 aromatic heterocycles. The van der Waals surface area contributed by atoms with E-state index in [0.717, 1.165) is 25.0 Å². The van der Waals surface area contributed by atoms with Crippen LogP contribution in [0.3, 0.4) is 0 Å².